The highest BCUT2D eigenvalue weighted by Gasteiger charge is 2.33. The number of aliphatic hydroxyl groups excluding tert-OH is 1. The van der Waals surface area contributed by atoms with Crippen molar-refractivity contribution in [1.29, 1.82) is 0 Å². The van der Waals surface area contributed by atoms with E-state index < -0.39 is 5.60 Å². The fourth-order valence-electron chi connectivity index (χ4n) is 3.01. The van der Waals surface area contributed by atoms with Crippen LogP contribution in [0.25, 0.3) is 0 Å². The minimum atomic E-state index is -0.482. The lowest BCUT2D eigenvalue weighted by molar-refractivity contribution is 0.0275. The van der Waals surface area contributed by atoms with E-state index in [4.69, 9.17) is 4.74 Å². The highest BCUT2D eigenvalue weighted by Crippen LogP contribution is 2.36. The zero-order chi connectivity index (χ0) is 16.2. The van der Waals surface area contributed by atoms with E-state index >= 15 is 0 Å². The lowest BCUT2D eigenvalue weighted by Gasteiger charge is -2.32. The fourth-order valence-corrected chi connectivity index (χ4v) is 3.01. The van der Waals surface area contributed by atoms with Crippen LogP contribution in [0.15, 0.2) is 4.99 Å². The second-order valence-corrected chi connectivity index (χ2v) is 7.45. The molecule has 1 heterocycles. The third kappa shape index (κ3) is 4.60. The number of nitrogens with one attached hydrogen (secondary N) is 1. The first-order valence-corrected chi connectivity index (χ1v) is 8.20. The Morgan fingerprint density at radius 3 is 2.68 bits per heavy atom. The van der Waals surface area contributed by atoms with Gasteiger partial charge < -0.3 is 15.2 Å². The van der Waals surface area contributed by atoms with E-state index in [2.05, 4.69) is 10.3 Å². The van der Waals surface area contributed by atoms with Crippen molar-refractivity contribution in [3.05, 3.63) is 0 Å². The van der Waals surface area contributed by atoms with Gasteiger partial charge in [-0.15, -0.1) is 0 Å². The molecule has 2 N–H and O–H groups in total. The monoisotopic (exact) mass is 311 g/mol. The summed E-state index contributed by atoms with van der Waals surface area (Å²) in [5.74, 6) is 0.817. The number of aliphatic imine (C=N–C) groups is 1. The minimum absolute atomic E-state index is 0.0171. The van der Waals surface area contributed by atoms with Gasteiger partial charge >= 0.3 is 6.09 Å². The first-order valence-electron chi connectivity index (χ1n) is 8.20. The van der Waals surface area contributed by atoms with Crippen LogP contribution in [0.4, 0.5) is 4.79 Å². The van der Waals surface area contributed by atoms with Gasteiger partial charge in [-0.1, -0.05) is 12.8 Å². The molecule has 126 valence electrons. The molecule has 1 saturated carbocycles. The van der Waals surface area contributed by atoms with Gasteiger partial charge in [0.1, 0.15) is 11.4 Å². The standard InChI is InChI=1S/C16H29N3O3/c1-15(2,3)22-14(21)19-9-8-17-13(10-19)18-11-16(12-20)6-4-5-7-16/h20H,4-12H2,1-3H3,(H,17,18). The van der Waals surface area contributed by atoms with Crippen molar-refractivity contribution < 1.29 is 14.6 Å². The Morgan fingerprint density at radius 2 is 2.09 bits per heavy atom. The molecular formula is C16H29N3O3. The maximum atomic E-state index is 12.1. The molecule has 2 rings (SSSR count). The van der Waals surface area contributed by atoms with Crippen LogP contribution in [-0.2, 0) is 4.74 Å². The van der Waals surface area contributed by atoms with Gasteiger partial charge in [0.2, 0.25) is 0 Å². The van der Waals surface area contributed by atoms with Crippen LogP contribution in [0.5, 0.6) is 0 Å². The SMILES string of the molecule is CC(C)(C)OC(=O)N1CCN=C(NCC2(CO)CCCC2)C1. The number of rotatable bonds is 3. The van der Waals surface area contributed by atoms with E-state index in [1.807, 2.05) is 20.8 Å². The molecule has 0 aromatic heterocycles. The Morgan fingerprint density at radius 1 is 1.41 bits per heavy atom. The molecule has 6 heteroatoms. The molecule has 0 saturated heterocycles. The van der Waals surface area contributed by atoms with E-state index in [0.717, 1.165) is 25.2 Å². The first kappa shape index (κ1) is 17.1. The van der Waals surface area contributed by atoms with Crippen LogP contribution < -0.4 is 5.32 Å². The van der Waals surface area contributed by atoms with Crippen molar-refractivity contribution in [3.8, 4) is 0 Å². The van der Waals surface area contributed by atoms with Crippen molar-refractivity contribution >= 4 is 11.9 Å². The van der Waals surface area contributed by atoms with Gasteiger partial charge in [-0.25, -0.2) is 4.79 Å². The number of hydrogen-bond acceptors (Lipinski definition) is 5. The Kier molecular flexibility index (Phi) is 5.32. The summed E-state index contributed by atoms with van der Waals surface area (Å²) in [6.07, 6.45) is 4.18. The molecule has 0 bridgehead atoms. The number of carbonyl (C=O) groups excluding carboxylic acids is 1. The summed E-state index contributed by atoms with van der Waals surface area (Å²) in [5.41, 5.74) is -0.499. The van der Waals surface area contributed by atoms with Gasteiger partial charge in [-0.3, -0.25) is 9.89 Å². The topological polar surface area (TPSA) is 74.2 Å². The normalized spacial score (nSPS) is 21.5. The summed E-state index contributed by atoms with van der Waals surface area (Å²) in [5, 5.41) is 13.0. The molecule has 1 amide bonds. The minimum Gasteiger partial charge on any atom is -0.444 e. The maximum absolute atomic E-state index is 12.1. The average Bonchev–Trinajstić information content (AvgIpc) is 2.93. The predicted octanol–water partition coefficient (Wildman–Crippen LogP) is 1.78. The fraction of sp³-hybridized carbons (Fsp3) is 0.875. The molecule has 1 fully saturated rings. The molecule has 1 aliphatic carbocycles. The van der Waals surface area contributed by atoms with Gasteiger partial charge in [-0.05, 0) is 33.6 Å². The number of aliphatic hydroxyl groups is 1. The molecule has 6 nitrogen and oxygen atoms in total. The zero-order valence-electron chi connectivity index (χ0n) is 14.0. The highest BCUT2D eigenvalue weighted by molar-refractivity contribution is 5.87. The zero-order valence-corrected chi connectivity index (χ0v) is 14.0. The van der Waals surface area contributed by atoms with E-state index in [0.29, 0.717) is 19.6 Å². The summed E-state index contributed by atoms with van der Waals surface area (Å²) in [7, 11) is 0. The summed E-state index contributed by atoms with van der Waals surface area (Å²) < 4.78 is 5.41. The van der Waals surface area contributed by atoms with Crippen molar-refractivity contribution in [1.82, 2.24) is 10.2 Å². The molecule has 0 atom stereocenters. The Balaban J connectivity index is 1.85. The molecule has 0 radical (unpaired) electrons. The first-order chi connectivity index (χ1) is 10.3. The van der Waals surface area contributed by atoms with Crippen LogP contribution in [0.1, 0.15) is 46.5 Å². The van der Waals surface area contributed by atoms with Crippen molar-refractivity contribution in [2.24, 2.45) is 10.4 Å². The summed E-state index contributed by atoms with van der Waals surface area (Å²) in [6.45, 7) is 8.18. The summed E-state index contributed by atoms with van der Waals surface area (Å²) in [6, 6.07) is 0. The van der Waals surface area contributed by atoms with Crippen LogP contribution in [0, 0.1) is 5.41 Å². The van der Waals surface area contributed by atoms with Crippen LogP contribution >= 0.6 is 0 Å². The van der Waals surface area contributed by atoms with E-state index in [9.17, 15) is 9.90 Å². The van der Waals surface area contributed by atoms with Gasteiger partial charge in [-0.2, -0.15) is 0 Å². The van der Waals surface area contributed by atoms with Crippen LogP contribution in [0.3, 0.4) is 0 Å². The quantitative estimate of drug-likeness (QED) is 0.833. The van der Waals surface area contributed by atoms with E-state index in [1.165, 1.54) is 12.8 Å². The predicted molar refractivity (Wildman–Crippen MR) is 86.1 cm³/mol. The third-order valence-corrected chi connectivity index (χ3v) is 4.33. The number of nitrogens with zero attached hydrogens (tertiary/aromatic N) is 2. The van der Waals surface area contributed by atoms with Gasteiger partial charge in [0, 0.05) is 18.5 Å². The number of amidine groups is 1. The summed E-state index contributed by atoms with van der Waals surface area (Å²) in [4.78, 5) is 18.3. The van der Waals surface area contributed by atoms with E-state index in [-0.39, 0.29) is 18.1 Å². The molecule has 0 spiro atoms. The second kappa shape index (κ2) is 6.86. The summed E-state index contributed by atoms with van der Waals surface area (Å²) >= 11 is 0. The molecule has 22 heavy (non-hydrogen) atoms. The van der Waals surface area contributed by atoms with Gasteiger partial charge in [0.05, 0.1) is 19.7 Å². The maximum Gasteiger partial charge on any atom is 0.410 e. The molecule has 0 aromatic rings. The van der Waals surface area contributed by atoms with Crippen molar-refractivity contribution in [2.45, 2.75) is 52.1 Å². The molecule has 0 unspecified atom stereocenters. The Hall–Kier alpha value is -1.30. The van der Waals surface area contributed by atoms with E-state index in [1.54, 1.807) is 4.90 Å². The number of hydrogen-bond donors (Lipinski definition) is 2. The average molecular weight is 311 g/mol. The Labute approximate surface area is 132 Å². The van der Waals surface area contributed by atoms with Crippen LogP contribution in [0.2, 0.25) is 0 Å². The number of carbonyl (C=O) groups is 1. The van der Waals surface area contributed by atoms with Crippen molar-refractivity contribution in [2.75, 3.05) is 32.8 Å². The lowest BCUT2D eigenvalue weighted by Crippen LogP contribution is -2.49. The van der Waals surface area contributed by atoms with Gasteiger partial charge in [0.15, 0.2) is 0 Å². The Bertz CT molecular complexity index is 423. The lowest BCUT2D eigenvalue weighted by atomic mass is 9.87. The third-order valence-electron chi connectivity index (χ3n) is 4.33. The molecule has 0 aromatic carbocycles. The van der Waals surface area contributed by atoms with Crippen LogP contribution in [-0.4, -0.2) is 60.3 Å². The molecular weight excluding hydrogens is 282 g/mol. The molecule has 2 aliphatic rings. The highest BCUT2D eigenvalue weighted by atomic mass is 16.6. The second-order valence-electron chi connectivity index (χ2n) is 7.45. The number of amides is 1. The van der Waals surface area contributed by atoms with Gasteiger partial charge in [0.25, 0.3) is 0 Å². The largest absolute Gasteiger partial charge is 0.444 e. The van der Waals surface area contributed by atoms with Crippen molar-refractivity contribution in [3.63, 3.8) is 0 Å². The smallest absolute Gasteiger partial charge is 0.410 e. The molecule has 1 aliphatic heterocycles. The number of ether oxygens (including phenoxy) is 1.